The Morgan fingerprint density at radius 1 is 1.58 bits per heavy atom. The van der Waals surface area contributed by atoms with Gasteiger partial charge in [-0.25, -0.2) is 9.50 Å². The summed E-state index contributed by atoms with van der Waals surface area (Å²) < 4.78 is 11.8. The van der Waals surface area contributed by atoms with Crippen molar-refractivity contribution in [2.75, 3.05) is 12.3 Å². The van der Waals surface area contributed by atoms with Gasteiger partial charge in [0, 0.05) is 6.92 Å². The Bertz CT molecular complexity index is 831. The predicted octanol–water partition coefficient (Wildman–Crippen LogP) is -1.07. The lowest BCUT2D eigenvalue weighted by Gasteiger charge is -2.23. The van der Waals surface area contributed by atoms with Crippen molar-refractivity contribution >= 4 is 17.3 Å². The van der Waals surface area contributed by atoms with E-state index in [1.54, 1.807) is 18.2 Å². The van der Waals surface area contributed by atoms with Gasteiger partial charge in [-0.1, -0.05) is 0 Å². The number of aliphatic hydroxyl groups is 2. The minimum atomic E-state index is -1.88. The summed E-state index contributed by atoms with van der Waals surface area (Å²) in [7, 11) is 0. The molecule has 0 aromatic carbocycles. The lowest BCUT2D eigenvalue weighted by Crippen LogP contribution is -2.46. The van der Waals surface area contributed by atoms with Crippen molar-refractivity contribution in [1.82, 2.24) is 14.6 Å². The molecule has 0 aliphatic carbocycles. The second-order valence-corrected chi connectivity index (χ2v) is 5.46. The van der Waals surface area contributed by atoms with E-state index in [1.807, 2.05) is 0 Å². The van der Waals surface area contributed by atoms with E-state index in [4.69, 9.17) is 15.2 Å². The summed E-state index contributed by atoms with van der Waals surface area (Å²) in [5, 5.41) is 34.0. The number of carbonyl (C=O) groups is 1. The van der Waals surface area contributed by atoms with E-state index in [0.717, 1.165) is 0 Å². The predicted molar refractivity (Wildman–Crippen MR) is 78.2 cm³/mol. The fourth-order valence-corrected chi connectivity index (χ4v) is 2.68. The number of aliphatic hydroxyl groups excluding tert-OH is 2. The number of esters is 1. The van der Waals surface area contributed by atoms with E-state index in [0.29, 0.717) is 11.2 Å². The summed E-state index contributed by atoms with van der Waals surface area (Å²) in [5.41, 5.74) is 4.75. The number of ether oxygens (including phenoxy) is 2. The topological polar surface area (TPSA) is 156 Å². The van der Waals surface area contributed by atoms with Crippen LogP contribution in [0, 0.1) is 11.3 Å². The zero-order valence-electron chi connectivity index (χ0n) is 12.7. The molecule has 1 fully saturated rings. The van der Waals surface area contributed by atoms with Gasteiger partial charge in [0.05, 0.1) is 5.69 Å². The molecule has 1 aliphatic heterocycles. The highest BCUT2D eigenvalue weighted by Gasteiger charge is 2.56. The Kier molecular flexibility index (Phi) is 3.84. The molecule has 2 aromatic rings. The first-order valence-corrected chi connectivity index (χ1v) is 7.06. The summed E-state index contributed by atoms with van der Waals surface area (Å²) in [6, 6.07) is 5.02. The van der Waals surface area contributed by atoms with Crippen LogP contribution in [0.25, 0.3) is 5.52 Å². The second kappa shape index (κ2) is 5.72. The van der Waals surface area contributed by atoms with E-state index >= 15 is 0 Å². The first-order valence-electron chi connectivity index (χ1n) is 7.06. The molecule has 0 spiro atoms. The number of rotatable bonds is 3. The molecule has 4 atom stereocenters. The lowest BCUT2D eigenvalue weighted by molar-refractivity contribution is -0.152. The van der Waals surface area contributed by atoms with E-state index < -0.39 is 36.5 Å². The number of fused-ring (bicyclic) bond motifs is 1. The largest absolute Gasteiger partial charge is 0.462 e. The Hall–Kier alpha value is -2.74. The van der Waals surface area contributed by atoms with Crippen LogP contribution in [0.1, 0.15) is 18.7 Å². The van der Waals surface area contributed by atoms with Crippen molar-refractivity contribution in [3.8, 4) is 6.07 Å². The first kappa shape index (κ1) is 16.1. The maximum absolute atomic E-state index is 11.0. The van der Waals surface area contributed by atoms with Gasteiger partial charge in [0.25, 0.3) is 0 Å². The van der Waals surface area contributed by atoms with Crippen LogP contribution in [0.3, 0.4) is 0 Å². The standard InChI is InChI=1S/C14H15N5O5/c1-7(20)23-5-14(4-15)12(22)10(21)11(24-14)8-2-3-9-13(16)17-6-18-19(8)9/h2-3,6,10-12,21-22H,5H2,1H3,(H2,16,17,18)/t10-,11-,12-,14+/m0/s1. The Labute approximate surface area is 136 Å². The number of nitrogens with two attached hydrogens (primary N) is 1. The molecular weight excluding hydrogens is 318 g/mol. The number of hydrogen-bond acceptors (Lipinski definition) is 9. The number of nitrogen functional groups attached to an aromatic ring is 1. The van der Waals surface area contributed by atoms with Crippen molar-refractivity contribution in [1.29, 1.82) is 5.26 Å². The van der Waals surface area contributed by atoms with E-state index in [2.05, 4.69) is 10.1 Å². The van der Waals surface area contributed by atoms with Crippen LogP contribution in [0.5, 0.6) is 0 Å². The van der Waals surface area contributed by atoms with Crippen molar-refractivity contribution in [3.05, 3.63) is 24.2 Å². The highest BCUT2D eigenvalue weighted by molar-refractivity contribution is 5.66. The third kappa shape index (κ3) is 2.35. The second-order valence-electron chi connectivity index (χ2n) is 5.46. The molecule has 3 heterocycles. The Morgan fingerprint density at radius 2 is 2.33 bits per heavy atom. The first-order chi connectivity index (χ1) is 11.4. The van der Waals surface area contributed by atoms with Crippen molar-refractivity contribution in [2.24, 2.45) is 0 Å². The smallest absolute Gasteiger partial charge is 0.302 e. The average Bonchev–Trinajstić information content (AvgIpc) is 3.09. The molecule has 0 radical (unpaired) electrons. The van der Waals surface area contributed by atoms with Gasteiger partial charge < -0.3 is 25.4 Å². The van der Waals surface area contributed by atoms with Gasteiger partial charge in [-0.2, -0.15) is 10.4 Å². The van der Waals surface area contributed by atoms with Gasteiger partial charge in [0.1, 0.15) is 42.8 Å². The molecule has 0 unspecified atom stereocenters. The van der Waals surface area contributed by atoms with Crippen LogP contribution in [-0.2, 0) is 14.3 Å². The van der Waals surface area contributed by atoms with Gasteiger partial charge in [-0.05, 0) is 12.1 Å². The third-order valence-electron chi connectivity index (χ3n) is 3.93. The number of hydrogen-bond donors (Lipinski definition) is 3. The van der Waals surface area contributed by atoms with Crippen LogP contribution in [0.4, 0.5) is 5.82 Å². The normalized spacial score (nSPS) is 29.5. The number of aromatic nitrogens is 3. The maximum atomic E-state index is 11.0. The molecule has 10 heteroatoms. The molecule has 1 saturated heterocycles. The van der Waals surface area contributed by atoms with E-state index in [-0.39, 0.29) is 5.82 Å². The summed E-state index contributed by atoms with van der Waals surface area (Å²) in [5.74, 6) is -0.400. The molecule has 0 bridgehead atoms. The van der Waals surface area contributed by atoms with Gasteiger partial charge >= 0.3 is 5.97 Å². The van der Waals surface area contributed by atoms with Gasteiger partial charge in [-0.3, -0.25) is 4.79 Å². The van der Waals surface area contributed by atoms with Crippen molar-refractivity contribution in [2.45, 2.75) is 30.8 Å². The van der Waals surface area contributed by atoms with Crippen molar-refractivity contribution < 1.29 is 24.5 Å². The minimum Gasteiger partial charge on any atom is -0.462 e. The number of carbonyl (C=O) groups excluding carboxylic acids is 1. The third-order valence-corrected chi connectivity index (χ3v) is 3.93. The fraction of sp³-hybridized carbons (Fsp3) is 0.429. The molecule has 0 saturated carbocycles. The molecule has 3 rings (SSSR count). The molecule has 126 valence electrons. The fourth-order valence-electron chi connectivity index (χ4n) is 2.68. The SMILES string of the molecule is CC(=O)OC[C@@]1(C#N)O[C@@H](c2ccc3c(N)ncnn23)[C@H](O)[C@@H]1O. The number of anilines is 1. The van der Waals surface area contributed by atoms with Crippen LogP contribution in [0.15, 0.2) is 18.5 Å². The number of nitriles is 1. The van der Waals surface area contributed by atoms with Crippen LogP contribution >= 0.6 is 0 Å². The van der Waals surface area contributed by atoms with Gasteiger partial charge in [-0.15, -0.1) is 0 Å². The Balaban J connectivity index is 1.98. The van der Waals surface area contributed by atoms with E-state index in [9.17, 15) is 20.3 Å². The Morgan fingerprint density at radius 3 is 3.00 bits per heavy atom. The molecule has 4 N–H and O–H groups in total. The lowest BCUT2D eigenvalue weighted by atomic mass is 9.96. The van der Waals surface area contributed by atoms with Gasteiger partial charge in [0.15, 0.2) is 5.82 Å². The molecule has 2 aromatic heterocycles. The zero-order valence-corrected chi connectivity index (χ0v) is 12.7. The summed E-state index contributed by atoms with van der Waals surface area (Å²) in [4.78, 5) is 14.9. The summed E-state index contributed by atoms with van der Waals surface area (Å²) in [6.45, 7) is 0.661. The van der Waals surface area contributed by atoms with Crippen LogP contribution in [0.2, 0.25) is 0 Å². The zero-order chi connectivity index (χ0) is 17.5. The summed E-state index contributed by atoms with van der Waals surface area (Å²) >= 11 is 0. The van der Waals surface area contributed by atoms with Gasteiger partial charge in [0.2, 0.25) is 5.60 Å². The highest BCUT2D eigenvalue weighted by Crippen LogP contribution is 2.40. The molecule has 1 aliphatic rings. The number of nitrogens with zero attached hydrogens (tertiary/aromatic N) is 4. The average molecular weight is 333 g/mol. The summed E-state index contributed by atoms with van der Waals surface area (Å²) in [6.07, 6.45) is -2.82. The molecule has 0 amide bonds. The maximum Gasteiger partial charge on any atom is 0.302 e. The molecule has 24 heavy (non-hydrogen) atoms. The van der Waals surface area contributed by atoms with Crippen molar-refractivity contribution in [3.63, 3.8) is 0 Å². The monoisotopic (exact) mass is 333 g/mol. The molecular formula is C14H15N5O5. The van der Waals surface area contributed by atoms with Crippen LogP contribution < -0.4 is 5.73 Å². The highest BCUT2D eigenvalue weighted by atomic mass is 16.6. The van der Waals surface area contributed by atoms with E-state index in [1.165, 1.54) is 17.8 Å². The quantitative estimate of drug-likeness (QED) is 0.595. The van der Waals surface area contributed by atoms with Crippen LogP contribution in [-0.4, -0.2) is 55.2 Å². The minimum absolute atomic E-state index is 0.232. The molecule has 10 nitrogen and oxygen atoms in total.